The van der Waals surface area contributed by atoms with Gasteiger partial charge in [0.05, 0.1) is 10.4 Å². The molecule has 0 fully saturated rings. The van der Waals surface area contributed by atoms with Gasteiger partial charge in [-0.2, -0.15) is 0 Å². The lowest BCUT2D eigenvalue weighted by atomic mass is 10.0. The van der Waals surface area contributed by atoms with Crippen LogP contribution in [0.3, 0.4) is 0 Å². The molecule has 0 amide bonds. The SMILES string of the molecule is NS(=O)(=O)c1cc(Br)ccc1Cc1ccnc2cc(Cl)ccc12. The number of halogens is 2. The van der Waals surface area contributed by atoms with E-state index in [-0.39, 0.29) is 4.90 Å². The van der Waals surface area contributed by atoms with Crippen LogP contribution in [0.1, 0.15) is 11.1 Å². The average molecular weight is 412 g/mol. The topological polar surface area (TPSA) is 73.1 Å². The first-order valence-corrected chi connectivity index (χ1v) is 9.41. The normalized spacial score (nSPS) is 11.8. The van der Waals surface area contributed by atoms with Gasteiger partial charge in [-0.05, 0) is 47.9 Å². The molecule has 7 heteroatoms. The molecule has 0 saturated carbocycles. The van der Waals surface area contributed by atoms with Gasteiger partial charge >= 0.3 is 0 Å². The van der Waals surface area contributed by atoms with Crippen molar-refractivity contribution >= 4 is 48.5 Å². The van der Waals surface area contributed by atoms with Crippen molar-refractivity contribution < 1.29 is 8.42 Å². The summed E-state index contributed by atoms with van der Waals surface area (Å²) in [7, 11) is -3.80. The minimum Gasteiger partial charge on any atom is -0.256 e. The number of hydrogen-bond donors (Lipinski definition) is 1. The van der Waals surface area contributed by atoms with Crippen LogP contribution in [0.2, 0.25) is 5.02 Å². The summed E-state index contributed by atoms with van der Waals surface area (Å²) < 4.78 is 24.3. The predicted molar refractivity (Wildman–Crippen MR) is 95.1 cm³/mol. The molecule has 23 heavy (non-hydrogen) atoms. The van der Waals surface area contributed by atoms with E-state index in [1.807, 2.05) is 12.1 Å². The number of benzene rings is 2. The molecule has 0 atom stereocenters. The molecule has 2 N–H and O–H groups in total. The van der Waals surface area contributed by atoms with Crippen LogP contribution in [-0.4, -0.2) is 13.4 Å². The van der Waals surface area contributed by atoms with Crippen molar-refractivity contribution in [2.75, 3.05) is 0 Å². The van der Waals surface area contributed by atoms with Gasteiger partial charge in [0.25, 0.3) is 0 Å². The van der Waals surface area contributed by atoms with E-state index in [1.165, 1.54) is 6.07 Å². The summed E-state index contributed by atoms with van der Waals surface area (Å²) in [6, 6.07) is 12.4. The van der Waals surface area contributed by atoms with E-state index in [0.29, 0.717) is 21.5 Å². The van der Waals surface area contributed by atoms with Crippen LogP contribution in [0.15, 0.2) is 58.0 Å². The Balaban J connectivity index is 2.14. The molecule has 0 aliphatic carbocycles. The Morgan fingerprint density at radius 1 is 1.09 bits per heavy atom. The highest BCUT2D eigenvalue weighted by Crippen LogP contribution is 2.26. The smallest absolute Gasteiger partial charge is 0.238 e. The molecule has 0 aliphatic rings. The lowest BCUT2D eigenvalue weighted by Gasteiger charge is -2.10. The second-order valence-corrected chi connectivity index (χ2v) is 7.99. The second-order valence-electron chi connectivity index (χ2n) is 5.11. The number of hydrogen-bond acceptors (Lipinski definition) is 3. The van der Waals surface area contributed by atoms with Gasteiger partial charge in [0.1, 0.15) is 0 Å². The number of nitrogens with two attached hydrogens (primary N) is 1. The zero-order valence-corrected chi connectivity index (χ0v) is 15.0. The minimum atomic E-state index is -3.80. The van der Waals surface area contributed by atoms with E-state index >= 15 is 0 Å². The molecule has 0 aliphatic heterocycles. The maximum atomic E-state index is 11.8. The second kappa shape index (κ2) is 6.20. The Morgan fingerprint density at radius 3 is 2.61 bits per heavy atom. The van der Waals surface area contributed by atoms with Gasteiger partial charge in [0.2, 0.25) is 10.0 Å². The Kier molecular flexibility index (Phi) is 4.42. The van der Waals surface area contributed by atoms with E-state index < -0.39 is 10.0 Å². The fraction of sp³-hybridized carbons (Fsp3) is 0.0625. The largest absolute Gasteiger partial charge is 0.256 e. The van der Waals surface area contributed by atoms with Crippen molar-refractivity contribution in [3.05, 3.63) is 69.3 Å². The summed E-state index contributed by atoms with van der Waals surface area (Å²) in [5, 5.41) is 6.87. The highest BCUT2D eigenvalue weighted by Gasteiger charge is 2.15. The number of aromatic nitrogens is 1. The third-order valence-corrected chi connectivity index (χ3v) is 5.23. The molecule has 0 radical (unpaired) electrons. The zero-order valence-electron chi connectivity index (χ0n) is 11.8. The lowest BCUT2D eigenvalue weighted by Crippen LogP contribution is -2.14. The number of primary sulfonamides is 1. The Labute approximate surface area is 147 Å². The number of nitrogens with zero attached hydrogens (tertiary/aromatic N) is 1. The van der Waals surface area contributed by atoms with Crippen LogP contribution in [0.5, 0.6) is 0 Å². The summed E-state index contributed by atoms with van der Waals surface area (Å²) in [5.41, 5.74) is 2.36. The molecule has 0 bridgehead atoms. The molecule has 1 aromatic heterocycles. The molecule has 0 unspecified atom stereocenters. The molecule has 1 heterocycles. The summed E-state index contributed by atoms with van der Waals surface area (Å²) in [4.78, 5) is 4.41. The lowest BCUT2D eigenvalue weighted by molar-refractivity contribution is 0.597. The average Bonchev–Trinajstić information content (AvgIpc) is 2.48. The molecule has 0 saturated heterocycles. The van der Waals surface area contributed by atoms with Crippen molar-refractivity contribution in [2.45, 2.75) is 11.3 Å². The number of fused-ring (bicyclic) bond motifs is 1. The van der Waals surface area contributed by atoms with E-state index in [2.05, 4.69) is 20.9 Å². The van der Waals surface area contributed by atoms with Crippen LogP contribution in [0.25, 0.3) is 10.9 Å². The highest BCUT2D eigenvalue weighted by atomic mass is 79.9. The number of rotatable bonds is 3. The van der Waals surface area contributed by atoms with Crippen molar-refractivity contribution in [1.29, 1.82) is 0 Å². The molecule has 2 aromatic carbocycles. The minimum absolute atomic E-state index is 0.116. The van der Waals surface area contributed by atoms with Crippen molar-refractivity contribution in [2.24, 2.45) is 5.14 Å². The van der Waals surface area contributed by atoms with Crippen LogP contribution in [-0.2, 0) is 16.4 Å². The maximum absolute atomic E-state index is 11.8. The van der Waals surface area contributed by atoms with Crippen LogP contribution in [0, 0.1) is 0 Å². The summed E-state index contributed by atoms with van der Waals surface area (Å²) >= 11 is 9.27. The van der Waals surface area contributed by atoms with Gasteiger partial charge in [0.15, 0.2) is 0 Å². The predicted octanol–water partition coefficient (Wildman–Crippen LogP) is 3.89. The molecular formula is C16H12BrClN2O2S. The first kappa shape index (κ1) is 16.4. The van der Waals surface area contributed by atoms with Crippen LogP contribution in [0.4, 0.5) is 0 Å². The van der Waals surface area contributed by atoms with E-state index in [0.717, 1.165) is 16.5 Å². The van der Waals surface area contributed by atoms with Gasteiger partial charge < -0.3 is 0 Å². The first-order valence-electron chi connectivity index (χ1n) is 6.69. The molecule has 3 aromatic rings. The third kappa shape index (κ3) is 3.55. The van der Waals surface area contributed by atoms with Crippen LogP contribution < -0.4 is 5.14 Å². The van der Waals surface area contributed by atoms with Crippen LogP contribution >= 0.6 is 27.5 Å². The summed E-state index contributed by atoms with van der Waals surface area (Å²) in [6.07, 6.45) is 2.11. The Bertz CT molecular complexity index is 1010. The van der Waals surface area contributed by atoms with Gasteiger partial charge in [-0.25, -0.2) is 13.6 Å². The number of sulfonamides is 1. The molecule has 0 spiro atoms. The number of pyridine rings is 1. The van der Waals surface area contributed by atoms with Gasteiger partial charge in [-0.1, -0.05) is 39.7 Å². The van der Waals surface area contributed by atoms with Crippen molar-refractivity contribution in [3.63, 3.8) is 0 Å². The fourth-order valence-electron chi connectivity index (χ4n) is 2.48. The quantitative estimate of drug-likeness (QED) is 0.710. The first-order chi connectivity index (χ1) is 10.8. The monoisotopic (exact) mass is 410 g/mol. The molecular weight excluding hydrogens is 400 g/mol. The molecule has 4 nitrogen and oxygen atoms in total. The Morgan fingerprint density at radius 2 is 1.87 bits per heavy atom. The highest BCUT2D eigenvalue weighted by molar-refractivity contribution is 9.10. The standard InChI is InChI=1S/C16H12BrClN2O2S/c17-12-2-1-11(16(8-12)23(19,21)22)7-10-5-6-20-15-9-13(18)3-4-14(10)15/h1-6,8-9H,7H2,(H2,19,21,22). The van der Waals surface area contributed by atoms with E-state index in [4.69, 9.17) is 16.7 Å². The maximum Gasteiger partial charge on any atom is 0.238 e. The summed E-state index contributed by atoms with van der Waals surface area (Å²) in [6.45, 7) is 0. The Hall–Kier alpha value is -1.47. The van der Waals surface area contributed by atoms with Crippen molar-refractivity contribution in [1.82, 2.24) is 4.98 Å². The van der Waals surface area contributed by atoms with Gasteiger partial charge in [-0.3, -0.25) is 4.98 Å². The van der Waals surface area contributed by atoms with Gasteiger partial charge in [0, 0.05) is 21.1 Å². The van der Waals surface area contributed by atoms with E-state index in [1.54, 1.807) is 30.5 Å². The third-order valence-electron chi connectivity index (χ3n) is 3.51. The van der Waals surface area contributed by atoms with Gasteiger partial charge in [-0.15, -0.1) is 0 Å². The molecule has 118 valence electrons. The van der Waals surface area contributed by atoms with Crippen molar-refractivity contribution in [3.8, 4) is 0 Å². The fourth-order valence-corrected chi connectivity index (χ4v) is 3.95. The summed E-state index contributed by atoms with van der Waals surface area (Å²) in [5.74, 6) is 0. The molecule has 3 rings (SSSR count). The van der Waals surface area contributed by atoms with E-state index in [9.17, 15) is 8.42 Å². The zero-order chi connectivity index (χ0) is 16.6.